The molecule has 0 spiro atoms. The molecule has 1 unspecified atom stereocenters. The molecule has 1 atom stereocenters. The predicted molar refractivity (Wildman–Crippen MR) is 113 cm³/mol. The summed E-state index contributed by atoms with van der Waals surface area (Å²) < 4.78 is 13.1. The first-order chi connectivity index (χ1) is 15.0. The van der Waals surface area contributed by atoms with E-state index in [1.165, 1.54) is 24.3 Å². The SMILES string of the molecule is O=C(NC1CCN(C(=O)c2ccc(F)cc2)CC1)C1CC(=O)N(Cc2ccccc2)C1. The van der Waals surface area contributed by atoms with Gasteiger partial charge in [0.25, 0.3) is 5.91 Å². The number of likely N-dealkylation sites (tertiary alicyclic amines) is 2. The van der Waals surface area contributed by atoms with E-state index < -0.39 is 0 Å². The van der Waals surface area contributed by atoms with Gasteiger partial charge >= 0.3 is 0 Å². The lowest BCUT2D eigenvalue weighted by Gasteiger charge is -2.33. The molecule has 0 saturated carbocycles. The number of rotatable bonds is 5. The van der Waals surface area contributed by atoms with Crippen LogP contribution in [0, 0.1) is 11.7 Å². The van der Waals surface area contributed by atoms with Gasteiger partial charge in [-0.05, 0) is 42.7 Å². The van der Waals surface area contributed by atoms with E-state index in [0.717, 1.165) is 5.56 Å². The molecule has 2 saturated heterocycles. The highest BCUT2D eigenvalue weighted by atomic mass is 19.1. The van der Waals surface area contributed by atoms with Gasteiger partial charge in [0.15, 0.2) is 0 Å². The van der Waals surface area contributed by atoms with Crippen molar-refractivity contribution in [1.29, 1.82) is 0 Å². The molecule has 31 heavy (non-hydrogen) atoms. The summed E-state index contributed by atoms with van der Waals surface area (Å²) in [5.41, 5.74) is 1.52. The molecule has 1 N–H and O–H groups in total. The molecule has 2 heterocycles. The van der Waals surface area contributed by atoms with Crippen LogP contribution in [-0.2, 0) is 16.1 Å². The van der Waals surface area contributed by atoms with Crippen LogP contribution in [0.15, 0.2) is 54.6 Å². The van der Waals surface area contributed by atoms with Crippen LogP contribution in [0.1, 0.15) is 35.2 Å². The van der Waals surface area contributed by atoms with Gasteiger partial charge in [0.2, 0.25) is 11.8 Å². The number of halogens is 1. The number of nitrogens with zero attached hydrogens (tertiary/aromatic N) is 2. The van der Waals surface area contributed by atoms with Crippen molar-refractivity contribution in [2.75, 3.05) is 19.6 Å². The Kier molecular flexibility index (Phi) is 6.30. The number of nitrogens with one attached hydrogen (secondary N) is 1. The fraction of sp³-hybridized carbons (Fsp3) is 0.375. The third-order valence-electron chi connectivity index (χ3n) is 6.02. The first-order valence-electron chi connectivity index (χ1n) is 10.7. The molecule has 7 heteroatoms. The van der Waals surface area contributed by atoms with Crippen LogP contribution < -0.4 is 5.32 Å². The van der Waals surface area contributed by atoms with E-state index in [2.05, 4.69) is 5.32 Å². The van der Waals surface area contributed by atoms with Crippen molar-refractivity contribution >= 4 is 17.7 Å². The van der Waals surface area contributed by atoms with E-state index in [4.69, 9.17) is 0 Å². The van der Waals surface area contributed by atoms with Gasteiger partial charge in [-0.1, -0.05) is 30.3 Å². The Morgan fingerprint density at radius 2 is 1.68 bits per heavy atom. The molecular weight excluding hydrogens is 397 g/mol. The highest BCUT2D eigenvalue weighted by Gasteiger charge is 2.35. The maximum Gasteiger partial charge on any atom is 0.253 e. The molecule has 0 bridgehead atoms. The molecule has 162 valence electrons. The Balaban J connectivity index is 1.25. The van der Waals surface area contributed by atoms with Crippen molar-refractivity contribution < 1.29 is 18.8 Å². The molecule has 3 amide bonds. The quantitative estimate of drug-likeness (QED) is 0.804. The van der Waals surface area contributed by atoms with E-state index in [-0.39, 0.29) is 41.9 Å². The van der Waals surface area contributed by atoms with Gasteiger partial charge in [0.1, 0.15) is 5.82 Å². The number of carbonyl (C=O) groups is 3. The van der Waals surface area contributed by atoms with E-state index in [0.29, 0.717) is 44.6 Å². The molecule has 0 aromatic heterocycles. The van der Waals surface area contributed by atoms with Crippen molar-refractivity contribution in [3.8, 4) is 0 Å². The molecule has 2 aliphatic rings. The van der Waals surface area contributed by atoms with Crippen molar-refractivity contribution in [2.45, 2.75) is 31.8 Å². The van der Waals surface area contributed by atoms with Crippen LogP contribution >= 0.6 is 0 Å². The molecule has 4 rings (SSSR count). The summed E-state index contributed by atoms with van der Waals surface area (Å²) in [6.45, 7) is 2.02. The highest BCUT2D eigenvalue weighted by molar-refractivity contribution is 5.94. The van der Waals surface area contributed by atoms with Gasteiger partial charge in [0.05, 0.1) is 5.92 Å². The second-order valence-corrected chi connectivity index (χ2v) is 8.24. The van der Waals surface area contributed by atoms with E-state index in [1.807, 2.05) is 30.3 Å². The summed E-state index contributed by atoms with van der Waals surface area (Å²) in [4.78, 5) is 41.1. The third-order valence-corrected chi connectivity index (χ3v) is 6.02. The normalized spacial score (nSPS) is 19.5. The Morgan fingerprint density at radius 1 is 1.00 bits per heavy atom. The molecule has 0 aliphatic carbocycles. The van der Waals surface area contributed by atoms with Crippen LogP contribution in [0.25, 0.3) is 0 Å². The van der Waals surface area contributed by atoms with Crippen LogP contribution in [0.2, 0.25) is 0 Å². The minimum absolute atomic E-state index is 0.00344. The number of benzene rings is 2. The van der Waals surface area contributed by atoms with E-state index in [1.54, 1.807) is 9.80 Å². The highest BCUT2D eigenvalue weighted by Crippen LogP contribution is 2.22. The number of carbonyl (C=O) groups excluding carboxylic acids is 3. The lowest BCUT2D eigenvalue weighted by Crippen LogP contribution is -2.48. The second kappa shape index (κ2) is 9.29. The van der Waals surface area contributed by atoms with Crippen molar-refractivity contribution in [2.24, 2.45) is 5.92 Å². The van der Waals surface area contributed by atoms with Gasteiger partial charge in [0, 0.05) is 44.2 Å². The Hall–Kier alpha value is -3.22. The maximum absolute atomic E-state index is 13.1. The van der Waals surface area contributed by atoms with Crippen LogP contribution in [0.3, 0.4) is 0 Å². The largest absolute Gasteiger partial charge is 0.353 e. The second-order valence-electron chi connectivity index (χ2n) is 8.24. The van der Waals surface area contributed by atoms with Crippen molar-refractivity contribution in [1.82, 2.24) is 15.1 Å². The zero-order chi connectivity index (χ0) is 21.8. The van der Waals surface area contributed by atoms with Gasteiger partial charge in [-0.2, -0.15) is 0 Å². The fourth-order valence-corrected chi connectivity index (χ4v) is 4.23. The van der Waals surface area contributed by atoms with Crippen LogP contribution in [-0.4, -0.2) is 53.2 Å². The number of amides is 3. The Bertz CT molecular complexity index is 940. The number of hydrogen-bond donors (Lipinski definition) is 1. The van der Waals surface area contributed by atoms with Gasteiger partial charge in [-0.25, -0.2) is 4.39 Å². The minimum Gasteiger partial charge on any atom is -0.353 e. The zero-order valence-corrected chi connectivity index (χ0v) is 17.3. The van der Waals surface area contributed by atoms with Crippen LogP contribution in [0.5, 0.6) is 0 Å². The van der Waals surface area contributed by atoms with Gasteiger partial charge < -0.3 is 15.1 Å². The standard InChI is InChI=1S/C24H26FN3O3/c25-20-8-6-18(7-9-20)24(31)27-12-10-21(11-13-27)26-23(30)19-14-22(29)28(16-19)15-17-4-2-1-3-5-17/h1-9,19,21H,10-16H2,(H,26,30). The van der Waals surface area contributed by atoms with Crippen molar-refractivity contribution in [3.63, 3.8) is 0 Å². The lowest BCUT2D eigenvalue weighted by atomic mass is 10.0. The summed E-state index contributed by atoms with van der Waals surface area (Å²) in [6.07, 6.45) is 1.56. The summed E-state index contributed by atoms with van der Waals surface area (Å²) >= 11 is 0. The van der Waals surface area contributed by atoms with Crippen molar-refractivity contribution in [3.05, 3.63) is 71.5 Å². The van der Waals surface area contributed by atoms with E-state index >= 15 is 0 Å². The number of hydrogen-bond acceptors (Lipinski definition) is 3. The van der Waals surface area contributed by atoms with Gasteiger partial charge in [-0.3, -0.25) is 14.4 Å². The summed E-state index contributed by atoms with van der Waals surface area (Å²) in [7, 11) is 0. The first kappa shape index (κ1) is 21.0. The molecular formula is C24H26FN3O3. The molecule has 0 radical (unpaired) electrons. The number of piperidine rings is 1. The Morgan fingerprint density at radius 3 is 2.35 bits per heavy atom. The lowest BCUT2D eigenvalue weighted by molar-refractivity contribution is -0.129. The third kappa shape index (κ3) is 5.10. The van der Waals surface area contributed by atoms with Crippen LogP contribution in [0.4, 0.5) is 4.39 Å². The van der Waals surface area contributed by atoms with E-state index in [9.17, 15) is 18.8 Å². The summed E-state index contributed by atoms with van der Waals surface area (Å²) in [6, 6.07) is 15.3. The predicted octanol–water partition coefficient (Wildman–Crippen LogP) is 2.60. The molecule has 2 fully saturated rings. The van der Waals surface area contributed by atoms with Gasteiger partial charge in [-0.15, -0.1) is 0 Å². The summed E-state index contributed by atoms with van der Waals surface area (Å²) in [5.74, 6) is -0.917. The molecule has 2 aromatic carbocycles. The summed E-state index contributed by atoms with van der Waals surface area (Å²) in [5, 5.41) is 3.07. The zero-order valence-electron chi connectivity index (χ0n) is 17.3. The Labute approximate surface area is 181 Å². The average molecular weight is 423 g/mol. The smallest absolute Gasteiger partial charge is 0.253 e. The molecule has 6 nitrogen and oxygen atoms in total. The average Bonchev–Trinajstić information content (AvgIpc) is 3.15. The molecule has 2 aliphatic heterocycles. The first-order valence-corrected chi connectivity index (χ1v) is 10.7. The monoisotopic (exact) mass is 423 g/mol. The molecule has 2 aromatic rings. The topological polar surface area (TPSA) is 69.7 Å². The fourth-order valence-electron chi connectivity index (χ4n) is 4.23. The maximum atomic E-state index is 13.1. The minimum atomic E-state index is -0.370.